The molecule has 3 aromatic rings. The summed E-state index contributed by atoms with van der Waals surface area (Å²) in [6.45, 7) is 0. The van der Waals surface area contributed by atoms with Crippen LogP contribution in [0.2, 0.25) is 10.0 Å². The molecule has 30 heavy (non-hydrogen) atoms. The van der Waals surface area contributed by atoms with Gasteiger partial charge in [-0.2, -0.15) is 16.8 Å². The van der Waals surface area contributed by atoms with Gasteiger partial charge in [0, 0.05) is 10.8 Å². The van der Waals surface area contributed by atoms with Crippen molar-refractivity contribution in [2.75, 3.05) is 0 Å². The minimum absolute atomic E-state index is 0.00810. The van der Waals surface area contributed by atoms with Gasteiger partial charge in [-0.1, -0.05) is 47.5 Å². The third-order valence-electron chi connectivity index (χ3n) is 3.90. The molecule has 0 aromatic heterocycles. The molecule has 0 saturated heterocycles. The molecule has 0 bridgehead atoms. The average Bonchev–Trinajstić information content (AvgIpc) is 2.64. The van der Waals surface area contributed by atoms with E-state index < -0.39 is 62.9 Å². The first-order chi connectivity index (χ1) is 13.8. The molecule has 158 valence electrons. The molecule has 0 aliphatic carbocycles. The van der Waals surface area contributed by atoms with E-state index in [1.54, 1.807) is 0 Å². The van der Waals surface area contributed by atoms with E-state index in [1.807, 2.05) is 0 Å². The molecule has 0 amide bonds. The molecule has 0 spiro atoms. The zero-order chi connectivity index (χ0) is 22.4. The average molecular weight is 493 g/mol. The van der Waals surface area contributed by atoms with Gasteiger partial charge in [0.25, 0.3) is 20.2 Å². The molecule has 0 fully saturated rings. The first kappa shape index (κ1) is 22.2. The molecule has 10 nitrogen and oxygen atoms in total. The minimum atomic E-state index is -4.83. The van der Waals surface area contributed by atoms with Gasteiger partial charge in [-0.05, 0) is 12.1 Å². The highest BCUT2D eigenvalue weighted by Crippen LogP contribution is 2.46. The van der Waals surface area contributed by atoms with Gasteiger partial charge in [0.15, 0.2) is 11.5 Å². The van der Waals surface area contributed by atoms with Crippen LogP contribution in [0.1, 0.15) is 0 Å². The molecule has 3 aromatic carbocycles. The summed E-state index contributed by atoms with van der Waals surface area (Å²) >= 11 is 11.6. The second-order valence-corrected chi connectivity index (χ2v) is 9.37. The van der Waals surface area contributed by atoms with Crippen molar-refractivity contribution in [2.24, 2.45) is 10.2 Å². The number of fused-ring (bicyclic) bond motifs is 1. The number of nitrogens with zero attached hydrogens (tertiary/aromatic N) is 2. The molecular formula is C16H10Cl2N2O8S2. The fourth-order valence-electron chi connectivity index (χ4n) is 2.57. The number of hydrogen-bond donors (Lipinski definition) is 4. The number of azo groups is 1. The van der Waals surface area contributed by atoms with Crippen molar-refractivity contribution < 1.29 is 36.2 Å². The van der Waals surface area contributed by atoms with Gasteiger partial charge in [0.1, 0.15) is 21.2 Å². The zero-order valence-corrected chi connectivity index (χ0v) is 17.5. The Balaban J connectivity index is 2.28. The molecule has 3 rings (SSSR count). The van der Waals surface area contributed by atoms with Crippen molar-refractivity contribution in [2.45, 2.75) is 9.79 Å². The van der Waals surface area contributed by atoms with E-state index >= 15 is 0 Å². The van der Waals surface area contributed by atoms with E-state index in [9.17, 15) is 36.2 Å². The molecule has 0 unspecified atom stereocenters. The predicted octanol–water partition coefficient (Wildman–Crippen LogP) is 4.47. The van der Waals surface area contributed by atoms with Crippen LogP contribution in [0.5, 0.6) is 11.5 Å². The summed E-state index contributed by atoms with van der Waals surface area (Å²) in [4.78, 5) is -1.44. The second kappa shape index (κ2) is 7.65. The fraction of sp³-hybridized carbons (Fsp3) is 0. The lowest BCUT2D eigenvalue weighted by Gasteiger charge is -2.09. The van der Waals surface area contributed by atoms with E-state index in [0.717, 1.165) is 6.07 Å². The van der Waals surface area contributed by atoms with Crippen molar-refractivity contribution in [1.82, 2.24) is 0 Å². The summed E-state index contributed by atoms with van der Waals surface area (Å²) in [5.74, 6) is -1.30. The van der Waals surface area contributed by atoms with E-state index in [4.69, 9.17) is 23.2 Å². The van der Waals surface area contributed by atoms with Crippen LogP contribution < -0.4 is 0 Å². The molecule has 4 N–H and O–H groups in total. The minimum Gasteiger partial charge on any atom is -0.505 e. The first-order valence-corrected chi connectivity index (χ1v) is 11.3. The maximum absolute atomic E-state index is 11.7. The molecule has 0 aliphatic rings. The molecule has 0 aliphatic heterocycles. The van der Waals surface area contributed by atoms with Gasteiger partial charge in [-0.3, -0.25) is 9.11 Å². The number of hydrogen-bond acceptors (Lipinski definition) is 8. The lowest BCUT2D eigenvalue weighted by Crippen LogP contribution is -1.99. The van der Waals surface area contributed by atoms with Gasteiger partial charge in [-0.15, -0.1) is 10.2 Å². The maximum atomic E-state index is 11.7. The Hall–Kier alpha value is -2.48. The summed E-state index contributed by atoms with van der Waals surface area (Å²) in [6, 6.07) is 7.19. The maximum Gasteiger partial charge on any atom is 0.296 e. The van der Waals surface area contributed by atoms with Crippen LogP contribution in [0.3, 0.4) is 0 Å². The summed E-state index contributed by atoms with van der Waals surface area (Å²) in [7, 11) is -9.55. The Morgan fingerprint density at radius 2 is 1.33 bits per heavy atom. The smallest absolute Gasteiger partial charge is 0.296 e. The van der Waals surface area contributed by atoms with Crippen LogP contribution in [0.15, 0.2) is 56.4 Å². The summed E-state index contributed by atoms with van der Waals surface area (Å²) in [5.41, 5.74) is -1.12. The number of phenols is 2. The van der Waals surface area contributed by atoms with E-state index in [1.165, 1.54) is 24.3 Å². The van der Waals surface area contributed by atoms with Crippen LogP contribution in [0.4, 0.5) is 11.4 Å². The number of halogens is 2. The SMILES string of the molecule is O=S(=O)(O)c1cc(Cl)c(O)c(N=Nc2cc(S(=O)(=O)O)c3ccccc3c2O)c1Cl. The van der Waals surface area contributed by atoms with Crippen molar-refractivity contribution >= 4 is 65.6 Å². The van der Waals surface area contributed by atoms with Crippen molar-refractivity contribution in [1.29, 1.82) is 0 Å². The third kappa shape index (κ3) is 4.05. The van der Waals surface area contributed by atoms with Crippen LogP contribution in [0.25, 0.3) is 10.8 Å². The summed E-state index contributed by atoms with van der Waals surface area (Å²) in [6.07, 6.45) is 0. The summed E-state index contributed by atoms with van der Waals surface area (Å²) < 4.78 is 65.0. The zero-order valence-electron chi connectivity index (χ0n) is 14.4. The number of rotatable bonds is 4. The van der Waals surface area contributed by atoms with Crippen molar-refractivity contribution in [3.8, 4) is 11.5 Å². The third-order valence-corrected chi connectivity index (χ3v) is 6.46. The molecule has 0 radical (unpaired) electrons. The van der Waals surface area contributed by atoms with Gasteiger partial charge < -0.3 is 10.2 Å². The highest BCUT2D eigenvalue weighted by Gasteiger charge is 2.24. The first-order valence-electron chi connectivity index (χ1n) is 7.64. The number of phenolic OH excluding ortho intramolecular Hbond substituents is 2. The normalized spacial score (nSPS) is 12.7. The fourth-order valence-corrected chi connectivity index (χ4v) is 4.61. The van der Waals surface area contributed by atoms with Crippen LogP contribution in [-0.4, -0.2) is 36.2 Å². The Morgan fingerprint density at radius 1 is 0.767 bits per heavy atom. The Morgan fingerprint density at radius 3 is 1.90 bits per heavy atom. The molecular weight excluding hydrogens is 483 g/mol. The highest BCUT2D eigenvalue weighted by molar-refractivity contribution is 7.86. The van der Waals surface area contributed by atoms with Gasteiger partial charge in [0.2, 0.25) is 0 Å². The van der Waals surface area contributed by atoms with Crippen LogP contribution in [-0.2, 0) is 20.2 Å². The monoisotopic (exact) mass is 492 g/mol. The molecule has 0 atom stereocenters. The highest BCUT2D eigenvalue weighted by atomic mass is 35.5. The quantitative estimate of drug-likeness (QED) is 0.304. The standard InChI is InChI=1S/C16H10Cl2N2O8S2/c17-9-5-12(30(26,27)28)13(18)14(16(9)22)20-19-10-6-11(29(23,24)25)7-3-1-2-4-8(7)15(10)21/h1-6,21-22H,(H,23,24,25)(H,26,27,28). The second-order valence-electron chi connectivity index (χ2n) is 5.81. The van der Waals surface area contributed by atoms with Gasteiger partial charge in [0.05, 0.1) is 10.0 Å². The topological polar surface area (TPSA) is 174 Å². The molecule has 14 heteroatoms. The van der Waals surface area contributed by atoms with E-state index in [-0.39, 0.29) is 10.8 Å². The summed E-state index contributed by atoms with van der Waals surface area (Å²) in [5, 5.41) is 26.4. The largest absolute Gasteiger partial charge is 0.505 e. The van der Waals surface area contributed by atoms with Crippen LogP contribution in [0, 0.1) is 0 Å². The van der Waals surface area contributed by atoms with Crippen molar-refractivity contribution in [3.63, 3.8) is 0 Å². The Labute approximate surface area is 179 Å². The lowest BCUT2D eigenvalue weighted by molar-refractivity contribution is 0.472. The van der Waals surface area contributed by atoms with Gasteiger partial charge >= 0.3 is 0 Å². The Kier molecular flexibility index (Phi) is 5.66. The predicted molar refractivity (Wildman–Crippen MR) is 108 cm³/mol. The molecule has 0 saturated carbocycles. The number of aromatic hydroxyl groups is 2. The van der Waals surface area contributed by atoms with E-state index in [2.05, 4.69) is 10.2 Å². The van der Waals surface area contributed by atoms with Crippen LogP contribution >= 0.6 is 23.2 Å². The van der Waals surface area contributed by atoms with Gasteiger partial charge in [-0.25, -0.2) is 0 Å². The molecule has 0 heterocycles. The number of benzene rings is 3. The lowest BCUT2D eigenvalue weighted by atomic mass is 10.1. The van der Waals surface area contributed by atoms with Crippen molar-refractivity contribution in [3.05, 3.63) is 46.4 Å². The van der Waals surface area contributed by atoms with E-state index in [0.29, 0.717) is 6.07 Å². The Bertz CT molecular complexity index is 1440.